The summed E-state index contributed by atoms with van der Waals surface area (Å²) < 4.78 is 10.1. The molecule has 3 N–H and O–H groups in total. The predicted molar refractivity (Wildman–Crippen MR) is 107 cm³/mol. The molecule has 1 aromatic heterocycles. The number of nitrogens with zero attached hydrogens (tertiary/aromatic N) is 2. The van der Waals surface area contributed by atoms with Crippen molar-refractivity contribution in [2.45, 2.75) is 0 Å². The first-order valence-corrected chi connectivity index (χ1v) is 8.47. The smallest absolute Gasteiger partial charge is 0.346 e. The standard InChI is InChI=1S/C20H18N4O5/c1-28-16-8-12(9-17(29-2)18(16)25)11-21-24-19(26)15-10-14(22-20(27)23-15)13-6-4-3-5-7-13/h3-11,25H,1-2H3,(H,24,26)(H,22,23,27)/b21-11+. The number of hydrogen-bond acceptors (Lipinski definition) is 7. The molecule has 0 unspecified atom stereocenters. The maximum atomic E-state index is 12.4. The maximum absolute atomic E-state index is 12.4. The van der Waals surface area contributed by atoms with E-state index in [9.17, 15) is 14.7 Å². The number of carbonyl (C=O) groups is 1. The van der Waals surface area contributed by atoms with E-state index in [4.69, 9.17) is 9.47 Å². The lowest BCUT2D eigenvalue weighted by molar-refractivity contribution is 0.0949. The number of aromatic amines is 1. The minimum atomic E-state index is -0.645. The van der Waals surface area contributed by atoms with Crippen LogP contribution >= 0.6 is 0 Å². The van der Waals surface area contributed by atoms with Crippen molar-refractivity contribution in [1.29, 1.82) is 0 Å². The SMILES string of the molecule is COc1cc(/C=N/NC(=O)c2cc(-c3ccccc3)nc(=O)[nH]2)cc(OC)c1O. The van der Waals surface area contributed by atoms with E-state index in [1.54, 1.807) is 12.1 Å². The van der Waals surface area contributed by atoms with Crippen molar-refractivity contribution >= 4 is 12.1 Å². The summed E-state index contributed by atoms with van der Waals surface area (Å²) in [6.45, 7) is 0. The van der Waals surface area contributed by atoms with E-state index in [1.807, 2.05) is 18.2 Å². The Morgan fingerprint density at radius 1 is 1.14 bits per heavy atom. The predicted octanol–water partition coefficient (Wildman–Crippen LogP) is 1.92. The van der Waals surface area contributed by atoms with Gasteiger partial charge in [-0.3, -0.25) is 4.79 Å². The monoisotopic (exact) mass is 394 g/mol. The minimum Gasteiger partial charge on any atom is -0.502 e. The second-order valence-corrected chi connectivity index (χ2v) is 5.82. The Kier molecular flexibility index (Phi) is 5.88. The number of amides is 1. The van der Waals surface area contributed by atoms with Crippen LogP contribution < -0.4 is 20.6 Å². The van der Waals surface area contributed by atoms with Crippen LogP contribution in [-0.2, 0) is 0 Å². The van der Waals surface area contributed by atoms with Gasteiger partial charge in [0.15, 0.2) is 11.5 Å². The number of ether oxygens (including phenoxy) is 2. The summed E-state index contributed by atoms with van der Waals surface area (Å²) >= 11 is 0. The molecule has 0 saturated carbocycles. The molecule has 0 aliphatic heterocycles. The van der Waals surface area contributed by atoms with Gasteiger partial charge in [0.2, 0.25) is 5.75 Å². The Morgan fingerprint density at radius 2 is 1.79 bits per heavy atom. The topological polar surface area (TPSA) is 126 Å². The third-order valence-electron chi connectivity index (χ3n) is 3.94. The first kappa shape index (κ1) is 19.6. The van der Waals surface area contributed by atoms with Crippen molar-refractivity contribution in [3.05, 3.63) is 70.3 Å². The van der Waals surface area contributed by atoms with Crippen LogP contribution in [0.3, 0.4) is 0 Å². The molecule has 3 rings (SSSR count). The molecule has 1 amide bonds. The van der Waals surface area contributed by atoms with Crippen molar-refractivity contribution in [3.63, 3.8) is 0 Å². The molecule has 0 saturated heterocycles. The number of methoxy groups -OCH3 is 2. The number of nitrogens with one attached hydrogen (secondary N) is 2. The van der Waals surface area contributed by atoms with Gasteiger partial charge in [0.1, 0.15) is 5.69 Å². The number of H-pyrrole nitrogens is 1. The zero-order chi connectivity index (χ0) is 20.8. The van der Waals surface area contributed by atoms with Crippen molar-refractivity contribution in [2.75, 3.05) is 14.2 Å². The lowest BCUT2D eigenvalue weighted by Crippen LogP contribution is -2.24. The lowest BCUT2D eigenvalue weighted by Gasteiger charge is -2.09. The van der Waals surface area contributed by atoms with Crippen LogP contribution in [0.2, 0.25) is 0 Å². The van der Waals surface area contributed by atoms with E-state index in [0.29, 0.717) is 16.8 Å². The maximum Gasteiger partial charge on any atom is 0.346 e. The summed E-state index contributed by atoms with van der Waals surface area (Å²) in [6.07, 6.45) is 1.35. The van der Waals surface area contributed by atoms with Gasteiger partial charge >= 0.3 is 5.69 Å². The molecule has 0 radical (unpaired) electrons. The van der Waals surface area contributed by atoms with Crippen LogP contribution in [-0.4, -0.2) is 41.4 Å². The minimum absolute atomic E-state index is 0.0156. The van der Waals surface area contributed by atoms with Crippen LogP contribution in [0.25, 0.3) is 11.3 Å². The molecule has 2 aromatic carbocycles. The highest BCUT2D eigenvalue weighted by Crippen LogP contribution is 2.36. The first-order chi connectivity index (χ1) is 14.0. The van der Waals surface area contributed by atoms with Gasteiger partial charge in [-0.1, -0.05) is 30.3 Å². The third kappa shape index (κ3) is 4.59. The fourth-order valence-corrected chi connectivity index (χ4v) is 2.55. The van der Waals surface area contributed by atoms with Gasteiger partial charge in [0.25, 0.3) is 5.91 Å². The molecular weight excluding hydrogens is 376 g/mol. The van der Waals surface area contributed by atoms with Gasteiger partial charge in [-0.25, -0.2) is 10.2 Å². The highest BCUT2D eigenvalue weighted by atomic mass is 16.5. The van der Waals surface area contributed by atoms with E-state index in [1.165, 1.54) is 38.6 Å². The van der Waals surface area contributed by atoms with Gasteiger partial charge in [0, 0.05) is 11.1 Å². The molecule has 9 heteroatoms. The zero-order valence-electron chi connectivity index (χ0n) is 15.7. The molecule has 0 atom stereocenters. The zero-order valence-corrected chi connectivity index (χ0v) is 15.7. The Hall–Kier alpha value is -4.14. The van der Waals surface area contributed by atoms with Crippen LogP contribution in [0.4, 0.5) is 0 Å². The molecule has 3 aromatic rings. The van der Waals surface area contributed by atoms with Crippen molar-refractivity contribution in [1.82, 2.24) is 15.4 Å². The molecule has 148 valence electrons. The number of aromatic hydroxyl groups is 1. The molecule has 0 spiro atoms. The number of carbonyl (C=O) groups excluding carboxylic acids is 1. The molecule has 0 aliphatic carbocycles. The van der Waals surface area contributed by atoms with Crippen molar-refractivity contribution in [2.24, 2.45) is 5.10 Å². The van der Waals surface area contributed by atoms with Gasteiger partial charge in [-0.05, 0) is 18.2 Å². The highest BCUT2D eigenvalue weighted by Gasteiger charge is 2.12. The Bertz CT molecular complexity index is 1080. The molecular formula is C20H18N4O5. The van der Waals surface area contributed by atoms with Crippen molar-refractivity contribution in [3.8, 4) is 28.5 Å². The fourth-order valence-electron chi connectivity index (χ4n) is 2.55. The summed E-state index contributed by atoms with van der Waals surface area (Å²) in [4.78, 5) is 30.4. The molecule has 1 heterocycles. The summed E-state index contributed by atoms with van der Waals surface area (Å²) in [6, 6.07) is 13.5. The Labute approximate surface area is 165 Å². The van der Waals surface area contributed by atoms with Crippen LogP contribution in [0.1, 0.15) is 16.1 Å². The number of phenolic OH excluding ortho intramolecular Hbond substituents is 1. The number of phenols is 1. The van der Waals surface area contributed by atoms with Crippen molar-refractivity contribution < 1.29 is 19.4 Å². The lowest BCUT2D eigenvalue weighted by atomic mass is 10.1. The van der Waals surface area contributed by atoms with Crippen LogP contribution in [0.5, 0.6) is 17.2 Å². The molecule has 0 aliphatic rings. The van der Waals surface area contributed by atoms with E-state index >= 15 is 0 Å². The third-order valence-corrected chi connectivity index (χ3v) is 3.94. The average Bonchev–Trinajstić information content (AvgIpc) is 2.74. The number of rotatable bonds is 6. The van der Waals surface area contributed by atoms with Crippen LogP contribution in [0, 0.1) is 0 Å². The largest absolute Gasteiger partial charge is 0.502 e. The number of hydrogen-bond donors (Lipinski definition) is 3. The quantitative estimate of drug-likeness (QED) is 0.433. The molecule has 29 heavy (non-hydrogen) atoms. The van der Waals surface area contributed by atoms with Gasteiger partial charge < -0.3 is 19.6 Å². The van der Waals surface area contributed by atoms with Gasteiger partial charge in [-0.15, -0.1) is 0 Å². The summed E-state index contributed by atoms with van der Waals surface area (Å²) in [5.41, 5.74) is 3.30. The number of hydrazone groups is 1. The van der Waals surface area contributed by atoms with Crippen LogP contribution in [0.15, 0.2) is 58.4 Å². The normalized spacial score (nSPS) is 10.7. The summed E-state index contributed by atoms with van der Waals surface area (Å²) in [7, 11) is 2.81. The average molecular weight is 394 g/mol. The van der Waals surface area contributed by atoms with Gasteiger partial charge in [0.05, 0.1) is 26.1 Å². The Morgan fingerprint density at radius 3 is 2.41 bits per heavy atom. The molecule has 0 fully saturated rings. The number of benzene rings is 2. The fraction of sp³-hybridized carbons (Fsp3) is 0.100. The van der Waals surface area contributed by atoms with E-state index in [2.05, 4.69) is 20.5 Å². The molecule has 9 nitrogen and oxygen atoms in total. The van der Waals surface area contributed by atoms with E-state index < -0.39 is 11.6 Å². The second-order valence-electron chi connectivity index (χ2n) is 5.82. The van der Waals surface area contributed by atoms with E-state index in [-0.39, 0.29) is 22.9 Å². The first-order valence-electron chi connectivity index (χ1n) is 8.47. The molecule has 0 bridgehead atoms. The highest BCUT2D eigenvalue weighted by molar-refractivity contribution is 5.94. The second kappa shape index (κ2) is 8.70. The van der Waals surface area contributed by atoms with E-state index in [0.717, 1.165) is 0 Å². The Balaban J connectivity index is 1.79. The number of aromatic nitrogens is 2. The van der Waals surface area contributed by atoms with Gasteiger partial charge in [-0.2, -0.15) is 10.1 Å². The summed E-state index contributed by atoms with van der Waals surface area (Å²) in [5.74, 6) is -0.360. The summed E-state index contributed by atoms with van der Waals surface area (Å²) in [5, 5.41) is 13.8.